The smallest absolute Gasteiger partial charge is 0.307 e. The summed E-state index contributed by atoms with van der Waals surface area (Å²) in [7, 11) is 0. The van der Waals surface area contributed by atoms with Gasteiger partial charge in [0, 0.05) is 10.9 Å². The van der Waals surface area contributed by atoms with Crippen molar-refractivity contribution in [1.29, 1.82) is 0 Å². The Hall–Kier alpha value is -2.15. The molecule has 0 aromatic carbocycles. The Morgan fingerprint density at radius 1 is 1.07 bits per heavy atom. The number of aliphatic carboxylic acids is 1. The van der Waals surface area contributed by atoms with Crippen LogP contribution in [0.3, 0.4) is 0 Å². The van der Waals surface area contributed by atoms with E-state index in [1.54, 1.807) is 0 Å². The van der Waals surface area contributed by atoms with Gasteiger partial charge in [-0.3, -0.25) is 14.4 Å². The summed E-state index contributed by atoms with van der Waals surface area (Å²) >= 11 is 1.50. The van der Waals surface area contributed by atoms with Gasteiger partial charge in [-0.2, -0.15) is 0 Å². The lowest BCUT2D eigenvalue weighted by atomic mass is 9.82. The maximum absolute atomic E-state index is 13.2. The second-order valence-electron chi connectivity index (χ2n) is 8.99. The molecular formula is C23H30N2O4S. The van der Waals surface area contributed by atoms with Gasteiger partial charge in [0.15, 0.2) is 0 Å². The molecule has 0 bridgehead atoms. The first-order chi connectivity index (χ1) is 14.4. The highest BCUT2D eigenvalue weighted by Crippen LogP contribution is 2.40. The summed E-state index contributed by atoms with van der Waals surface area (Å²) < 4.78 is 0. The number of carboxylic acids is 1. The fraction of sp³-hybridized carbons (Fsp3) is 0.609. The third-order valence-electron chi connectivity index (χ3n) is 6.75. The zero-order valence-electron chi connectivity index (χ0n) is 17.4. The maximum Gasteiger partial charge on any atom is 0.307 e. The minimum atomic E-state index is -0.946. The molecule has 0 radical (unpaired) electrons. The third-order valence-corrected chi connectivity index (χ3v) is 7.92. The summed E-state index contributed by atoms with van der Waals surface area (Å²) in [6.45, 7) is 2.21. The summed E-state index contributed by atoms with van der Waals surface area (Å²) in [6, 6.07) is 0.207. The summed E-state index contributed by atoms with van der Waals surface area (Å²) in [5.41, 5.74) is 1.68. The Morgan fingerprint density at radius 2 is 1.77 bits per heavy atom. The Morgan fingerprint density at radius 3 is 2.47 bits per heavy atom. The van der Waals surface area contributed by atoms with E-state index < -0.39 is 17.8 Å². The lowest BCUT2D eigenvalue weighted by molar-refractivity contribution is -0.146. The van der Waals surface area contributed by atoms with Gasteiger partial charge in [-0.25, -0.2) is 0 Å². The largest absolute Gasteiger partial charge is 0.481 e. The first kappa shape index (κ1) is 21.1. The van der Waals surface area contributed by atoms with Crippen molar-refractivity contribution in [2.75, 3.05) is 5.32 Å². The minimum Gasteiger partial charge on any atom is -0.481 e. The van der Waals surface area contributed by atoms with Crippen molar-refractivity contribution in [2.24, 2.45) is 17.8 Å². The molecule has 1 aromatic heterocycles. The van der Waals surface area contributed by atoms with Crippen molar-refractivity contribution in [2.45, 2.75) is 70.8 Å². The molecule has 3 aliphatic carbocycles. The summed E-state index contributed by atoms with van der Waals surface area (Å²) in [6.07, 6.45) is 11.6. The molecule has 7 heteroatoms. The van der Waals surface area contributed by atoms with Crippen LogP contribution < -0.4 is 10.6 Å². The number of hydrogen-bond donors (Lipinski definition) is 3. The van der Waals surface area contributed by atoms with Crippen molar-refractivity contribution in [3.05, 3.63) is 28.2 Å². The highest BCUT2D eigenvalue weighted by atomic mass is 32.1. The molecule has 162 valence electrons. The first-order valence-corrected chi connectivity index (χ1v) is 11.9. The lowest BCUT2D eigenvalue weighted by Crippen LogP contribution is -2.36. The van der Waals surface area contributed by atoms with Gasteiger partial charge in [0.05, 0.1) is 17.4 Å². The Labute approximate surface area is 181 Å². The lowest BCUT2D eigenvalue weighted by Gasteiger charge is -2.24. The number of nitrogens with one attached hydrogen (secondary N) is 2. The van der Waals surface area contributed by atoms with Gasteiger partial charge >= 0.3 is 5.97 Å². The Balaban J connectivity index is 1.60. The van der Waals surface area contributed by atoms with Crippen LogP contribution in [0, 0.1) is 17.8 Å². The van der Waals surface area contributed by atoms with E-state index in [0.29, 0.717) is 29.3 Å². The topological polar surface area (TPSA) is 95.5 Å². The van der Waals surface area contributed by atoms with Crippen LogP contribution in [-0.4, -0.2) is 28.9 Å². The molecule has 2 amide bonds. The number of carbonyl (C=O) groups excluding carboxylic acids is 2. The predicted octanol–water partition coefficient (Wildman–Crippen LogP) is 4.15. The van der Waals surface area contributed by atoms with Crippen molar-refractivity contribution in [3.8, 4) is 0 Å². The van der Waals surface area contributed by atoms with Crippen molar-refractivity contribution >= 4 is 34.1 Å². The van der Waals surface area contributed by atoms with Crippen LogP contribution in [0.4, 0.5) is 5.00 Å². The zero-order chi connectivity index (χ0) is 21.3. The van der Waals surface area contributed by atoms with Gasteiger partial charge in [-0.05, 0) is 56.4 Å². The van der Waals surface area contributed by atoms with Crippen LogP contribution in [0.15, 0.2) is 12.2 Å². The molecule has 3 aliphatic rings. The van der Waals surface area contributed by atoms with Gasteiger partial charge in [0.25, 0.3) is 5.91 Å². The molecule has 0 saturated heterocycles. The number of hydrogen-bond acceptors (Lipinski definition) is 4. The Kier molecular flexibility index (Phi) is 6.27. The SMILES string of the molecule is C[C@@H]1CCc2c(sc(NC(=O)[C@H]3CC=CC[C@H]3C(=O)O)c2C(=O)NC2CCCC2)C1. The molecule has 6 nitrogen and oxygen atoms in total. The van der Waals surface area contributed by atoms with Gasteiger partial charge in [-0.1, -0.05) is 31.9 Å². The van der Waals surface area contributed by atoms with Crippen LogP contribution >= 0.6 is 11.3 Å². The molecule has 0 unspecified atom stereocenters. The van der Waals surface area contributed by atoms with Crippen molar-refractivity contribution in [1.82, 2.24) is 5.32 Å². The first-order valence-electron chi connectivity index (χ1n) is 11.1. The van der Waals surface area contributed by atoms with E-state index in [0.717, 1.165) is 50.5 Å². The van der Waals surface area contributed by atoms with E-state index >= 15 is 0 Å². The van der Waals surface area contributed by atoms with Crippen LogP contribution in [0.5, 0.6) is 0 Å². The molecule has 3 N–H and O–H groups in total. The molecule has 0 spiro atoms. The number of thiophene rings is 1. The second-order valence-corrected chi connectivity index (χ2v) is 10.1. The van der Waals surface area contributed by atoms with Gasteiger partial charge in [0.2, 0.25) is 5.91 Å². The molecule has 1 fully saturated rings. The third kappa shape index (κ3) is 4.31. The quantitative estimate of drug-likeness (QED) is 0.612. The van der Waals surface area contributed by atoms with E-state index in [9.17, 15) is 19.5 Å². The number of rotatable bonds is 5. The van der Waals surface area contributed by atoms with Crippen LogP contribution in [-0.2, 0) is 22.4 Å². The number of carboxylic acid groups (broad SMARTS) is 1. The van der Waals surface area contributed by atoms with E-state index in [1.807, 2.05) is 12.2 Å². The average molecular weight is 431 g/mol. The molecular weight excluding hydrogens is 400 g/mol. The monoisotopic (exact) mass is 430 g/mol. The van der Waals surface area contributed by atoms with Crippen LogP contribution in [0.25, 0.3) is 0 Å². The molecule has 30 heavy (non-hydrogen) atoms. The summed E-state index contributed by atoms with van der Waals surface area (Å²) in [5, 5.41) is 16.2. The van der Waals surface area contributed by atoms with Crippen LogP contribution in [0.2, 0.25) is 0 Å². The Bertz CT molecular complexity index is 869. The summed E-state index contributed by atoms with van der Waals surface area (Å²) in [4.78, 5) is 39.0. The average Bonchev–Trinajstić information content (AvgIpc) is 3.34. The summed E-state index contributed by atoms with van der Waals surface area (Å²) in [5.74, 6) is -2.11. The number of fused-ring (bicyclic) bond motifs is 1. The molecule has 4 rings (SSSR count). The maximum atomic E-state index is 13.2. The van der Waals surface area contributed by atoms with E-state index in [4.69, 9.17) is 0 Å². The highest BCUT2D eigenvalue weighted by Gasteiger charge is 2.36. The molecule has 1 aromatic rings. The van der Waals surface area contributed by atoms with E-state index in [-0.39, 0.29) is 17.9 Å². The molecule has 1 saturated carbocycles. The van der Waals surface area contributed by atoms with Gasteiger partial charge in [0.1, 0.15) is 5.00 Å². The van der Waals surface area contributed by atoms with Gasteiger partial charge < -0.3 is 15.7 Å². The normalized spacial score (nSPS) is 26.2. The van der Waals surface area contributed by atoms with Crippen molar-refractivity contribution in [3.63, 3.8) is 0 Å². The fourth-order valence-electron chi connectivity index (χ4n) is 4.99. The zero-order valence-corrected chi connectivity index (χ0v) is 18.2. The number of anilines is 1. The number of carbonyl (C=O) groups is 3. The molecule has 1 heterocycles. The second kappa shape index (κ2) is 8.92. The minimum absolute atomic E-state index is 0.0948. The van der Waals surface area contributed by atoms with E-state index in [1.165, 1.54) is 16.2 Å². The van der Waals surface area contributed by atoms with E-state index in [2.05, 4.69) is 17.6 Å². The van der Waals surface area contributed by atoms with Crippen molar-refractivity contribution < 1.29 is 19.5 Å². The molecule has 3 atom stereocenters. The fourth-order valence-corrected chi connectivity index (χ4v) is 6.40. The highest BCUT2D eigenvalue weighted by molar-refractivity contribution is 7.17. The number of amides is 2. The predicted molar refractivity (Wildman–Crippen MR) is 117 cm³/mol. The molecule has 0 aliphatic heterocycles. The number of allylic oxidation sites excluding steroid dienone is 2. The van der Waals surface area contributed by atoms with Gasteiger partial charge in [-0.15, -0.1) is 11.3 Å². The standard InChI is InChI=1S/C23H30N2O4S/c1-13-10-11-17-18(12-13)30-22(19(17)21(27)24-14-6-2-3-7-14)25-20(26)15-8-4-5-9-16(15)23(28)29/h4-5,13-16H,2-3,6-12H2,1H3,(H,24,27)(H,25,26)(H,28,29)/t13-,15+,16-/m1/s1. The van der Waals surface area contributed by atoms with Crippen LogP contribution in [0.1, 0.15) is 72.7 Å².